The van der Waals surface area contributed by atoms with Crippen molar-refractivity contribution in [3.63, 3.8) is 0 Å². The molecule has 0 aromatic carbocycles. The third-order valence-electron chi connectivity index (χ3n) is 8.29. The van der Waals surface area contributed by atoms with Crippen LogP contribution in [0.15, 0.2) is 18.2 Å². The van der Waals surface area contributed by atoms with Crippen molar-refractivity contribution in [3.05, 3.63) is 23.9 Å². The van der Waals surface area contributed by atoms with Crippen LogP contribution in [0.4, 0.5) is 5.82 Å². The van der Waals surface area contributed by atoms with Gasteiger partial charge in [0, 0.05) is 44.5 Å². The van der Waals surface area contributed by atoms with E-state index in [1.807, 2.05) is 12.1 Å². The molecule has 8 nitrogen and oxygen atoms in total. The molecule has 5 fully saturated rings. The summed E-state index contributed by atoms with van der Waals surface area (Å²) in [7, 11) is -2.97. The molecule has 1 saturated heterocycles. The van der Waals surface area contributed by atoms with Gasteiger partial charge in [-0.15, -0.1) is 0 Å². The number of aromatic nitrogens is 1. The van der Waals surface area contributed by atoms with Gasteiger partial charge in [0.25, 0.3) is 5.91 Å². The van der Waals surface area contributed by atoms with Crippen molar-refractivity contribution in [1.82, 2.24) is 15.2 Å². The summed E-state index contributed by atoms with van der Waals surface area (Å²) >= 11 is 0. The highest BCUT2D eigenvalue weighted by Crippen LogP contribution is 2.55. The van der Waals surface area contributed by atoms with Crippen molar-refractivity contribution in [1.29, 1.82) is 0 Å². The summed E-state index contributed by atoms with van der Waals surface area (Å²) in [6, 6.07) is 5.92. The van der Waals surface area contributed by atoms with Crippen molar-refractivity contribution < 1.29 is 18.3 Å². The number of aliphatic hydroxyl groups is 1. The fraction of sp³-hybridized carbons (Fsp3) is 0.750. The van der Waals surface area contributed by atoms with Crippen molar-refractivity contribution in [2.24, 2.45) is 17.8 Å². The molecule has 0 spiro atoms. The molecule has 4 aliphatic carbocycles. The van der Waals surface area contributed by atoms with Crippen LogP contribution in [0.25, 0.3) is 0 Å². The van der Waals surface area contributed by atoms with Crippen LogP contribution < -0.4 is 10.2 Å². The van der Waals surface area contributed by atoms with E-state index in [9.17, 15) is 18.3 Å². The number of pyridine rings is 1. The fourth-order valence-electron chi connectivity index (χ4n) is 7.02. The van der Waals surface area contributed by atoms with Gasteiger partial charge in [-0.3, -0.25) is 9.69 Å². The van der Waals surface area contributed by atoms with E-state index >= 15 is 0 Å². The number of anilines is 1. The number of rotatable bonds is 6. The van der Waals surface area contributed by atoms with Crippen LogP contribution in [0.1, 0.15) is 49.5 Å². The lowest BCUT2D eigenvalue weighted by Crippen LogP contribution is -2.61. The second-order valence-corrected chi connectivity index (χ2v) is 13.3. The molecule has 2 unspecified atom stereocenters. The first kappa shape index (κ1) is 23.1. The number of hydrogen-bond donors (Lipinski definition) is 2. The first-order valence-corrected chi connectivity index (χ1v) is 14.3. The molecular formula is C24H36N4O4S. The molecule has 1 amide bonds. The van der Waals surface area contributed by atoms with Crippen molar-refractivity contribution in [3.8, 4) is 0 Å². The van der Waals surface area contributed by atoms with E-state index in [1.165, 1.54) is 6.26 Å². The van der Waals surface area contributed by atoms with Crippen molar-refractivity contribution in [2.75, 3.05) is 43.1 Å². The molecular weight excluding hydrogens is 440 g/mol. The minimum atomic E-state index is -2.97. The number of nitrogens with one attached hydrogen (secondary N) is 1. The van der Waals surface area contributed by atoms with Gasteiger partial charge in [-0.2, -0.15) is 0 Å². The molecule has 4 bridgehead atoms. The molecule has 1 aliphatic heterocycles. The van der Waals surface area contributed by atoms with Gasteiger partial charge in [-0.1, -0.05) is 6.07 Å². The Morgan fingerprint density at radius 2 is 1.94 bits per heavy atom. The van der Waals surface area contributed by atoms with Gasteiger partial charge in [-0.05, 0) is 68.9 Å². The lowest BCUT2D eigenvalue weighted by molar-refractivity contribution is -0.136. The monoisotopic (exact) mass is 476 g/mol. The van der Waals surface area contributed by atoms with Crippen molar-refractivity contribution >= 4 is 21.6 Å². The Balaban J connectivity index is 1.22. The Kier molecular flexibility index (Phi) is 5.94. The number of piperazine rings is 1. The Morgan fingerprint density at radius 1 is 1.21 bits per heavy atom. The zero-order valence-corrected chi connectivity index (χ0v) is 20.4. The van der Waals surface area contributed by atoms with Crippen molar-refractivity contribution in [2.45, 2.75) is 56.7 Å². The standard InChI is InChI=1S/C24H36N4O4S/c1-16-15-27(8-9-33(2,31)32)6-7-28(16)21-5-3-4-20(25-21)23(29)26-22-18-10-17-11-19(22)14-24(30,12-17)13-18/h3-5,16-19,22,30H,6-15H2,1-2H3,(H,26,29)/t16-,17?,18?,19?,22?,24?/m1/s1. The predicted molar refractivity (Wildman–Crippen MR) is 127 cm³/mol. The Morgan fingerprint density at radius 3 is 2.58 bits per heavy atom. The summed E-state index contributed by atoms with van der Waals surface area (Å²) in [5.41, 5.74) is -0.0677. The molecule has 6 rings (SSSR count). The third kappa shape index (κ3) is 4.91. The summed E-state index contributed by atoms with van der Waals surface area (Å²) in [6.07, 6.45) is 6.04. The number of nitrogens with zero attached hydrogens (tertiary/aromatic N) is 3. The third-order valence-corrected chi connectivity index (χ3v) is 9.21. The number of hydrogen-bond acceptors (Lipinski definition) is 7. The molecule has 33 heavy (non-hydrogen) atoms. The maximum Gasteiger partial charge on any atom is 0.270 e. The first-order chi connectivity index (χ1) is 15.6. The van der Waals surface area contributed by atoms with Gasteiger partial charge < -0.3 is 15.3 Å². The van der Waals surface area contributed by atoms with Crippen LogP contribution in [0.3, 0.4) is 0 Å². The molecule has 3 atom stereocenters. The van der Waals surface area contributed by atoms with E-state index in [0.29, 0.717) is 30.0 Å². The molecule has 2 N–H and O–H groups in total. The highest BCUT2D eigenvalue weighted by Gasteiger charge is 2.55. The number of carbonyl (C=O) groups excluding carboxylic acids is 1. The van der Waals surface area contributed by atoms with Gasteiger partial charge >= 0.3 is 0 Å². The van der Waals surface area contributed by atoms with Gasteiger partial charge in [0.2, 0.25) is 0 Å². The van der Waals surface area contributed by atoms with Crippen LogP contribution in [0.2, 0.25) is 0 Å². The average Bonchev–Trinajstić information content (AvgIpc) is 2.73. The second-order valence-electron chi connectivity index (χ2n) is 11.0. The summed E-state index contributed by atoms with van der Waals surface area (Å²) in [5, 5.41) is 14.1. The minimum Gasteiger partial charge on any atom is -0.390 e. The van der Waals surface area contributed by atoms with Crippen LogP contribution in [-0.2, 0) is 9.84 Å². The maximum absolute atomic E-state index is 13.1. The Labute approximate surface area is 196 Å². The SMILES string of the molecule is C[C@@H]1CN(CCS(C)(=O)=O)CCN1c1cccc(C(=O)NC2C3CC4CC2CC(O)(C4)C3)n1. The zero-order valence-electron chi connectivity index (χ0n) is 19.6. The van der Waals surface area contributed by atoms with E-state index in [2.05, 4.69) is 22.0 Å². The van der Waals surface area contributed by atoms with Gasteiger partial charge in [0.05, 0.1) is 11.4 Å². The minimum absolute atomic E-state index is 0.124. The molecule has 4 saturated carbocycles. The highest BCUT2D eigenvalue weighted by atomic mass is 32.2. The van der Waals surface area contributed by atoms with Gasteiger partial charge in [0.1, 0.15) is 21.3 Å². The highest BCUT2D eigenvalue weighted by molar-refractivity contribution is 7.90. The van der Waals surface area contributed by atoms with Crippen LogP contribution in [0, 0.1) is 17.8 Å². The summed E-state index contributed by atoms with van der Waals surface area (Å²) < 4.78 is 23.0. The lowest BCUT2D eigenvalue weighted by atomic mass is 9.52. The topological polar surface area (TPSA) is 103 Å². The lowest BCUT2D eigenvalue weighted by Gasteiger charge is -2.58. The molecule has 2 heterocycles. The predicted octanol–water partition coefficient (Wildman–Crippen LogP) is 1.31. The molecule has 5 aliphatic rings. The number of carbonyl (C=O) groups is 1. The molecule has 182 valence electrons. The fourth-order valence-corrected chi connectivity index (χ4v) is 7.61. The molecule has 0 radical (unpaired) electrons. The van der Waals surface area contributed by atoms with E-state index in [0.717, 1.165) is 57.6 Å². The first-order valence-electron chi connectivity index (χ1n) is 12.3. The van der Waals surface area contributed by atoms with E-state index in [4.69, 9.17) is 4.98 Å². The maximum atomic E-state index is 13.1. The number of sulfone groups is 1. The summed E-state index contributed by atoms with van der Waals surface area (Å²) in [5.74, 6) is 2.19. The summed E-state index contributed by atoms with van der Waals surface area (Å²) in [6.45, 7) is 4.94. The largest absolute Gasteiger partial charge is 0.390 e. The number of amides is 1. The zero-order chi connectivity index (χ0) is 23.4. The van der Waals surface area contributed by atoms with Crippen LogP contribution in [0.5, 0.6) is 0 Å². The summed E-state index contributed by atoms with van der Waals surface area (Å²) in [4.78, 5) is 22.2. The average molecular weight is 477 g/mol. The second kappa shape index (κ2) is 8.50. The van der Waals surface area contributed by atoms with Gasteiger partial charge in [-0.25, -0.2) is 13.4 Å². The smallest absolute Gasteiger partial charge is 0.270 e. The molecule has 1 aromatic rings. The van der Waals surface area contributed by atoms with E-state index in [-0.39, 0.29) is 23.7 Å². The van der Waals surface area contributed by atoms with Crippen LogP contribution in [-0.4, -0.2) is 85.2 Å². The molecule has 9 heteroatoms. The normalized spacial score (nSPS) is 36.2. The van der Waals surface area contributed by atoms with Gasteiger partial charge in [0.15, 0.2) is 0 Å². The molecule has 1 aromatic heterocycles. The Hall–Kier alpha value is -1.71. The quantitative estimate of drug-likeness (QED) is 0.638. The van der Waals surface area contributed by atoms with E-state index < -0.39 is 15.4 Å². The Bertz CT molecular complexity index is 999. The van der Waals surface area contributed by atoms with E-state index in [1.54, 1.807) is 6.07 Å². The van der Waals surface area contributed by atoms with Crippen LogP contribution >= 0.6 is 0 Å².